The van der Waals surface area contributed by atoms with Crippen molar-refractivity contribution in [3.05, 3.63) is 83.9 Å². The molecule has 3 amide bonds. The molecule has 1 fully saturated rings. The number of carbonyl (C=O) groups excluding carboxylic acids is 2. The number of benzene rings is 2. The number of nitrogens with zero attached hydrogens (tertiary/aromatic N) is 4. The molecule has 0 saturated carbocycles. The number of hydrogen-bond donors (Lipinski definition) is 2. The number of piperidine rings is 1. The molecule has 0 bridgehead atoms. The second-order valence-electron chi connectivity index (χ2n) is 8.44. The summed E-state index contributed by atoms with van der Waals surface area (Å²) in [6, 6.07) is 18.8. The van der Waals surface area contributed by atoms with Crippen LogP contribution in [0.15, 0.2) is 67.1 Å². The van der Waals surface area contributed by atoms with Gasteiger partial charge in [-0.05, 0) is 42.7 Å². The van der Waals surface area contributed by atoms with E-state index in [1.54, 1.807) is 23.4 Å². The SMILES string of the molecule is N#Cc1ccc(Cn2cncc2CCNC(=O)C2CCCN(C(=O)Nc3ccccc3)C2)cc1. The van der Waals surface area contributed by atoms with E-state index in [1.807, 2.05) is 53.2 Å². The predicted molar refractivity (Wildman–Crippen MR) is 129 cm³/mol. The first kappa shape index (κ1) is 23.1. The normalized spacial score (nSPS) is 15.4. The molecule has 1 aromatic heterocycles. The summed E-state index contributed by atoms with van der Waals surface area (Å²) in [4.78, 5) is 31.3. The number of aromatic nitrogens is 2. The fourth-order valence-corrected chi connectivity index (χ4v) is 4.14. The highest BCUT2D eigenvalue weighted by Crippen LogP contribution is 2.18. The molecule has 2 heterocycles. The third-order valence-corrected chi connectivity index (χ3v) is 6.02. The van der Waals surface area contributed by atoms with Gasteiger partial charge in [0.2, 0.25) is 5.91 Å². The van der Waals surface area contributed by atoms with Crippen molar-refractivity contribution >= 4 is 17.6 Å². The Hall–Kier alpha value is -4.12. The molecule has 174 valence electrons. The molecular formula is C26H28N6O2. The number of rotatable bonds is 7. The van der Waals surface area contributed by atoms with Crippen LogP contribution >= 0.6 is 0 Å². The van der Waals surface area contributed by atoms with Gasteiger partial charge >= 0.3 is 6.03 Å². The van der Waals surface area contributed by atoms with Crippen molar-refractivity contribution in [1.29, 1.82) is 5.26 Å². The van der Waals surface area contributed by atoms with Crippen molar-refractivity contribution in [3.8, 4) is 6.07 Å². The van der Waals surface area contributed by atoms with Gasteiger partial charge in [-0.1, -0.05) is 30.3 Å². The Balaban J connectivity index is 1.25. The fraction of sp³-hybridized carbons (Fsp3) is 0.308. The number of hydrogen-bond acceptors (Lipinski definition) is 4. The molecule has 0 aliphatic carbocycles. The molecule has 4 rings (SSSR count). The zero-order chi connectivity index (χ0) is 23.8. The van der Waals surface area contributed by atoms with Crippen LogP contribution in [-0.4, -0.2) is 46.0 Å². The Morgan fingerprint density at radius 2 is 1.91 bits per heavy atom. The molecule has 1 aliphatic rings. The molecule has 0 radical (unpaired) electrons. The molecule has 34 heavy (non-hydrogen) atoms. The van der Waals surface area contributed by atoms with E-state index in [0.717, 1.165) is 29.8 Å². The number of likely N-dealkylation sites (tertiary alicyclic amines) is 1. The summed E-state index contributed by atoms with van der Waals surface area (Å²) >= 11 is 0. The summed E-state index contributed by atoms with van der Waals surface area (Å²) in [7, 11) is 0. The van der Waals surface area contributed by atoms with Crippen molar-refractivity contribution in [1.82, 2.24) is 19.8 Å². The average molecular weight is 457 g/mol. The maximum Gasteiger partial charge on any atom is 0.321 e. The Morgan fingerprint density at radius 1 is 1.12 bits per heavy atom. The maximum absolute atomic E-state index is 12.8. The predicted octanol–water partition coefficient (Wildman–Crippen LogP) is 3.41. The van der Waals surface area contributed by atoms with Crippen LogP contribution in [0.2, 0.25) is 0 Å². The average Bonchev–Trinajstić information content (AvgIpc) is 3.31. The molecule has 1 unspecified atom stereocenters. The van der Waals surface area contributed by atoms with Crippen molar-refractivity contribution < 1.29 is 9.59 Å². The van der Waals surface area contributed by atoms with Gasteiger partial charge in [0.05, 0.1) is 23.9 Å². The summed E-state index contributed by atoms with van der Waals surface area (Å²) in [5, 5.41) is 14.9. The Kier molecular flexibility index (Phi) is 7.56. The topological polar surface area (TPSA) is 103 Å². The molecule has 2 aromatic carbocycles. The first-order valence-electron chi connectivity index (χ1n) is 11.5. The number of nitriles is 1. The highest BCUT2D eigenvalue weighted by molar-refractivity contribution is 5.90. The lowest BCUT2D eigenvalue weighted by atomic mass is 9.97. The van der Waals surface area contributed by atoms with Gasteiger partial charge in [-0.3, -0.25) is 4.79 Å². The van der Waals surface area contributed by atoms with Gasteiger partial charge in [0.25, 0.3) is 0 Å². The summed E-state index contributed by atoms with van der Waals surface area (Å²) in [5.41, 5.74) is 3.49. The molecule has 1 aliphatic heterocycles. The smallest absolute Gasteiger partial charge is 0.321 e. The van der Waals surface area contributed by atoms with E-state index in [2.05, 4.69) is 21.7 Å². The third-order valence-electron chi connectivity index (χ3n) is 6.02. The number of amides is 3. The molecule has 0 spiro atoms. The first-order valence-corrected chi connectivity index (χ1v) is 11.5. The highest BCUT2D eigenvalue weighted by Gasteiger charge is 2.28. The Bertz CT molecular complexity index is 1150. The Morgan fingerprint density at radius 3 is 2.68 bits per heavy atom. The van der Waals surface area contributed by atoms with Gasteiger partial charge in [-0.2, -0.15) is 5.26 Å². The minimum absolute atomic E-state index is 0.0182. The molecule has 1 atom stereocenters. The van der Waals surface area contributed by atoms with Gasteiger partial charge in [-0.15, -0.1) is 0 Å². The number of imidazole rings is 1. The second kappa shape index (κ2) is 11.1. The van der Waals surface area contributed by atoms with E-state index in [0.29, 0.717) is 38.2 Å². The van der Waals surface area contributed by atoms with Crippen LogP contribution < -0.4 is 10.6 Å². The van der Waals surface area contributed by atoms with Gasteiger partial charge in [0.15, 0.2) is 0 Å². The van der Waals surface area contributed by atoms with Crippen LogP contribution in [0.1, 0.15) is 29.7 Å². The van der Waals surface area contributed by atoms with Crippen LogP contribution in [-0.2, 0) is 17.8 Å². The largest absolute Gasteiger partial charge is 0.355 e. The molecular weight excluding hydrogens is 428 g/mol. The zero-order valence-corrected chi connectivity index (χ0v) is 19.0. The van der Waals surface area contributed by atoms with Crippen molar-refractivity contribution in [2.24, 2.45) is 5.92 Å². The standard InChI is InChI=1S/C26H28N6O2/c27-15-20-8-10-21(11-9-20)17-32-19-28-16-24(32)12-13-29-25(33)22-5-4-14-31(18-22)26(34)30-23-6-2-1-3-7-23/h1-3,6-11,16,19,22H,4-5,12-14,17-18H2,(H,29,33)(H,30,34). The molecule has 8 nitrogen and oxygen atoms in total. The van der Waals surface area contributed by atoms with Crippen molar-refractivity contribution in [2.45, 2.75) is 25.8 Å². The number of anilines is 1. The molecule has 3 aromatic rings. The molecule has 2 N–H and O–H groups in total. The summed E-state index contributed by atoms with van der Waals surface area (Å²) < 4.78 is 2.05. The van der Waals surface area contributed by atoms with Gasteiger partial charge in [0, 0.05) is 50.2 Å². The number of urea groups is 1. The van der Waals surface area contributed by atoms with Crippen LogP contribution in [0.3, 0.4) is 0 Å². The van der Waals surface area contributed by atoms with E-state index < -0.39 is 0 Å². The van der Waals surface area contributed by atoms with Gasteiger partial charge < -0.3 is 20.1 Å². The lowest BCUT2D eigenvalue weighted by Crippen LogP contribution is -2.47. The van der Waals surface area contributed by atoms with Crippen LogP contribution in [0.25, 0.3) is 0 Å². The van der Waals surface area contributed by atoms with E-state index in [4.69, 9.17) is 5.26 Å². The van der Waals surface area contributed by atoms with E-state index >= 15 is 0 Å². The van der Waals surface area contributed by atoms with Gasteiger partial charge in [-0.25, -0.2) is 9.78 Å². The summed E-state index contributed by atoms with van der Waals surface area (Å²) in [5.74, 6) is -0.228. The third kappa shape index (κ3) is 6.01. The lowest BCUT2D eigenvalue weighted by molar-refractivity contribution is -0.126. The minimum Gasteiger partial charge on any atom is -0.355 e. The Labute approximate surface area is 199 Å². The van der Waals surface area contributed by atoms with E-state index in [9.17, 15) is 9.59 Å². The quantitative estimate of drug-likeness (QED) is 0.569. The minimum atomic E-state index is -0.209. The van der Waals surface area contributed by atoms with Crippen molar-refractivity contribution in [3.63, 3.8) is 0 Å². The summed E-state index contributed by atoms with van der Waals surface area (Å²) in [6.45, 7) is 2.23. The maximum atomic E-state index is 12.8. The second-order valence-corrected chi connectivity index (χ2v) is 8.44. The monoisotopic (exact) mass is 456 g/mol. The van der Waals surface area contributed by atoms with Crippen LogP contribution in [0.4, 0.5) is 10.5 Å². The number of carbonyl (C=O) groups is 2. The first-order chi connectivity index (χ1) is 16.6. The number of para-hydroxylation sites is 1. The number of nitrogens with one attached hydrogen (secondary N) is 2. The highest BCUT2D eigenvalue weighted by atomic mass is 16.2. The van der Waals surface area contributed by atoms with E-state index in [-0.39, 0.29) is 17.9 Å². The van der Waals surface area contributed by atoms with E-state index in [1.165, 1.54) is 0 Å². The van der Waals surface area contributed by atoms with Gasteiger partial charge in [0.1, 0.15) is 0 Å². The van der Waals surface area contributed by atoms with Crippen LogP contribution in [0.5, 0.6) is 0 Å². The van der Waals surface area contributed by atoms with Crippen LogP contribution in [0, 0.1) is 17.2 Å². The zero-order valence-electron chi connectivity index (χ0n) is 19.0. The lowest BCUT2D eigenvalue weighted by Gasteiger charge is -2.32. The molecule has 1 saturated heterocycles. The molecule has 8 heteroatoms. The fourth-order valence-electron chi connectivity index (χ4n) is 4.14. The van der Waals surface area contributed by atoms with Crippen molar-refractivity contribution in [2.75, 3.05) is 25.0 Å². The summed E-state index contributed by atoms with van der Waals surface area (Å²) in [6.07, 6.45) is 5.83.